The molecule has 178 valence electrons. The lowest BCUT2D eigenvalue weighted by Crippen LogP contribution is -2.52. The highest BCUT2D eigenvalue weighted by molar-refractivity contribution is 7.98. The number of aliphatic imine (C=N–C) groups is 1. The predicted molar refractivity (Wildman–Crippen MR) is 134 cm³/mol. The molecule has 1 atom stereocenters. The Hall–Kier alpha value is -3.32. The van der Waals surface area contributed by atoms with Crippen LogP contribution in [0, 0.1) is 11.5 Å². The molecule has 1 fully saturated rings. The van der Waals surface area contributed by atoms with Crippen LogP contribution in [0.3, 0.4) is 0 Å². The Bertz CT molecular complexity index is 1290. The third-order valence-corrected chi connectivity index (χ3v) is 7.60. The summed E-state index contributed by atoms with van der Waals surface area (Å²) in [7, 11) is 0. The molecule has 35 heavy (non-hydrogen) atoms. The summed E-state index contributed by atoms with van der Waals surface area (Å²) in [6.07, 6.45) is 7.03. The van der Waals surface area contributed by atoms with E-state index in [-0.39, 0.29) is 6.04 Å². The lowest BCUT2D eigenvalue weighted by atomic mass is 9.97. The molecule has 0 amide bonds. The molecular weight excluding hydrogens is 482 g/mol. The van der Waals surface area contributed by atoms with Gasteiger partial charge in [-0.1, -0.05) is 23.7 Å². The second kappa shape index (κ2) is 10.5. The molecule has 1 saturated heterocycles. The van der Waals surface area contributed by atoms with Crippen LogP contribution >= 0.6 is 23.4 Å². The number of hydrogen-bond donors (Lipinski definition) is 2. The number of thioether (sulfide) groups is 1. The quantitative estimate of drug-likeness (QED) is 0.141. The van der Waals surface area contributed by atoms with Crippen LogP contribution < -0.4 is 10.0 Å². The van der Waals surface area contributed by atoms with Crippen molar-refractivity contribution in [3.63, 3.8) is 0 Å². The molecule has 8 nitrogen and oxygen atoms in total. The van der Waals surface area contributed by atoms with Gasteiger partial charge in [-0.25, -0.2) is 4.99 Å². The Balaban J connectivity index is 1.37. The second-order valence-corrected chi connectivity index (χ2v) is 9.87. The third kappa shape index (κ3) is 5.20. The highest BCUT2D eigenvalue weighted by Crippen LogP contribution is 2.42. The summed E-state index contributed by atoms with van der Waals surface area (Å²) >= 11 is 8.14. The van der Waals surface area contributed by atoms with Crippen molar-refractivity contribution in [3.8, 4) is 6.19 Å². The minimum atomic E-state index is 0.0456. The van der Waals surface area contributed by atoms with Gasteiger partial charge in [0.2, 0.25) is 18.4 Å². The van der Waals surface area contributed by atoms with E-state index >= 15 is 0 Å². The van der Waals surface area contributed by atoms with E-state index in [1.807, 2.05) is 30.6 Å². The summed E-state index contributed by atoms with van der Waals surface area (Å²) in [5.41, 5.74) is 4.42. The maximum absolute atomic E-state index is 9.63. The third-order valence-electron chi connectivity index (χ3n) is 6.24. The van der Waals surface area contributed by atoms with Gasteiger partial charge in [-0.3, -0.25) is 20.4 Å². The molecule has 4 heterocycles. The van der Waals surface area contributed by atoms with Gasteiger partial charge in [0.15, 0.2) is 6.19 Å². The van der Waals surface area contributed by atoms with Gasteiger partial charge in [0.05, 0.1) is 18.3 Å². The first-order chi connectivity index (χ1) is 17.1. The highest BCUT2D eigenvalue weighted by Gasteiger charge is 2.33. The maximum Gasteiger partial charge on any atom is 0.227 e. The average molecular weight is 507 g/mol. The van der Waals surface area contributed by atoms with E-state index in [0.717, 1.165) is 52.9 Å². The Morgan fingerprint density at radius 3 is 2.91 bits per heavy atom. The van der Waals surface area contributed by atoms with Gasteiger partial charge in [0.1, 0.15) is 0 Å². The van der Waals surface area contributed by atoms with E-state index in [4.69, 9.17) is 16.6 Å². The SMILES string of the molecule is N#CNC(=NCc1ccc[n+](O)c1)N1CCN(C2c3ccc(Cl)cc3SCc3cccnc32)CC1. The summed E-state index contributed by atoms with van der Waals surface area (Å²) < 4.78 is 1.00. The van der Waals surface area contributed by atoms with Crippen molar-refractivity contribution in [2.45, 2.75) is 23.2 Å². The first-order valence-electron chi connectivity index (χ1n) is 11.4. The fraction of sp³-hybridized carbons (Fsp3) is 0.280. The molecule has 5 rings (SSSR count). The van der Waals surface area contributed by atoms with E-state index < -0.39 is 0 Å². The number of halogens is 1. The zero-order valence-corrected chi connectivity index (χ0v) is 20.6. The number of guanidine groups is 1. The van der Waals surface area contributed by atoms with Gasteiger partial charge in [-0.15, -0.1) is 11.8 Å². The van der Waals surface area contributed by atoms with E-state index in [1.165, 1.54) is 16.0 Å². The van der Waals surface area contributed by atoms with E-state index in [9.17, 15) is 10.5 Å². The number of hydrogen-bond acceptors (Lipinski definition) is 6. The Labute approximate surface area is 213 Å². The normalized spacial score (nSPS) is 18.2. The Kier molecular flexibility index (Phi) is 7.04. The van der Waals surface area contributed by atoms with E-state index in [0.29, 0.717) is 12.5 Å². The number of rotatable bonds is 3. The topological polar surface area (TPSA) is 91.7 Å². The molecule has 0 aliphatic carbocycles. The molecule has 3 aromatic rings. The molecule has 2 aromatic heterocycles. The largest absolute Gasteiger partial charge is 0.340 e. The van der Waals surface area contributed by atoms with Crippen LogP contribution in [0.2, 0.25) is 5.02 Å². The van der Waals surface area contributed by atoms with Gasteiger partial charge in [-0.2, -0.15) is 5.26 Å². The van der Waals surface area contributed by atoms with Gasteiger partial charge in [0.25, 0.3) is 0 Å². The molecule has 2 aliphatic heterocycles. The van der Waals surface area contributed by atoms with Gasteiger partial charge < -0.3 is 4.90 Å². The number of nitrogens with one attached hydrogen (secondary N) is 1. The Morgan fingerprint density at radius 2 is 2.11 bits per heavy atom. The fourth-order valence-corrected chi connectivity index (χ4v) is 5.93. The molecule has 0 saturated carbocycles. The van der Waals surface area contributed by atoms with Crippen molar-refractivity contribution >= 4 is 29.3 Å². The van der Waals surface area contributed by atoms with Crippen LogP contribution in [-0.2, 0) is 12.3 Å². The van der Waals surface area contributed by atoms with Crippen LogP contribution in [0.15, 0.2) is 70.9 Å². The molecule has 0 bridgehead atoms. The maximum atomic E-state index is 9.63. The van der Waals surface area contributed by atoms with Crippen molar-refractivity contribution in [1.29, 1.82) is 5.26 Å². The van der Waals surface area contributed by atoms with Crippen LogP contribution in [0.4, 0.5) is 0 Å². The summed E-state index contributed by atoms with van der Waals surface area (Å²) in [6.45, 7) is 3.38. The minimum absolute atomic E-state index is 0.0456. The molecule has 1 aromatic carbocycles. The number of piperazine rings is 1. The molecule has 2 N–H and O–H groups in total. The van der Waals surface area contributed by atoms with Crippen LogP contribution in [-0.4, -0.2) is 52.1 Å². The number of nitrogens with zero attached hydrogens (tertiary/aromatic N) is 6. The minimum Gasteiger partial charge on any atom is -0.340 e. The number of fused-ring (bicyclic) bond motifs is 2. The first-order valence-corrected chi connectivity index (χ1v) is 12.7. The molecule has 0 radical (unpaired) electrons. The van der Waals surface area contributed by atoms with Crippen molar-refractivity contribution < 1.29 is 9.94 Å². The number of aromatic nitrogens is 2. The van der Waals surface area contributed by atoms with Gasteiger partial charge >= 0.3 is 0 Å². The average Bonchev–Trinajstić information content (AvgIpc) is 3.03. The van der Waals surface area contributed by atoms with E-state index in [1.54, 1.807) is 30.2 Å². The van der Waals surface area contributed by atoms with Crippen LogP contribution in [0.1, 0.15) is 28.4 Å². The lowest BCUT2D eigenvalue weighted by molar-refractivity contribution is -0.905. The second-order valence-electron chi connectivity index (χ2n) is 8.41. The zero-order valence-electron chi connectivity index (χ0n) is 19.0. The molecule has 2 aliphatic rings. The molecule has 0 spiro atoms. The summed E-state index contributed by atoms with van der Waals surface area (Å²) in [6, 6.07) is 14.0. The number of pyridine rings is 2. The zero-order chi connectivity index (χ0) is 24.2. The van der Waals surface area contributed by atoms with Gasteiger partial charge in [0, 0.05) is 64.4 Å². The Morgan fingerprint density at radius 1 is 1.26 bits per heavy atom. The lowest BCUT2D eigenvalue weighted by Gasteiger charge is -2.40. The van der Waals surface area contributed by atoms with Gasteiger partial charge in [-0.05, 0) is 35.4 Å². The first kappa shape index (κ1) is 23.4. The summed E-state index contributed by atoms with van der Waals surface area (Å²) in [5.74, 6) is 1.41. The number of benzene rings is 1. The van der Waals surface area contributed by atoms with Crippen molar-refractivity contribution in [1.82, 2.24) is 20.1 Å². The summed E-state index contributed by atoms with van der Waals surface area (Å²) in [4.78, 5) is 15.2. The standard InChI is InChI=1S/C25H25ClN7OS/c26-20-5-6-21-22(13-20)35-16-19-4-1-7-28-23(19)24(21)31-9-11-32(12-10-31)25(30-17-27)29-14-18-3-2-8-33(34)15-18/h1-8,13,15,24,34H,9-12,14,16H2,(H,29,30)/q+1. The van der Waals surface area contributed by atoms with Crippen molar-refractivity contribution in [2.75, 3.05) is 26.2 Å². The summed E-state index contributed by atoms with van der Waals surface area (Å²) in [5, 5.41) is 22.4. The van der Waals surface area contributed by atoms with Crippen molar-refractivity contribution in [3.05, 3.63) is 88.5 Å². The van der Waals surface area contributed by atoms with Crippen LogP contribution in [0.5, 0.6) is 0 Å². The fourth-order valence-electron chi connectivity index (χ4n) is 4.58. The smallest absolute Gasteiger partial charge is 0.227 e. The highest BCUT2D eigenvalue weighted by atomic mass is 35.5. The monoisotopic (exact) mass is 506 g/mol. The molecule has 10 heteroatoms. The number of nitriles is 1. The molecule has 1 unspecified atom stereocenters. The predicted octanol–water partition coefficient (Wildman–Crippen LogP) is 3.20. The molecular formula is C25H25ClN7OS+. The van der Waals surface area contributed by atoms with Crippen molar-refractivity contribution in [2.24, 2.45) is 4.99 Å². The van der Waals surface area contributed by atoms with Crippen LogP contribution in [0.25, 0.3) is 0 Å². The van der Waals surface area contributed by atoms with E-state index in [2.05, 4.69) is 38.3 Å².